The molecule has 0 amide bonds. The summed E-state index contributed by atoms with van der Waals surface area (Å²) in [6, 6.07) is 0. The Hall–Kier alpha value is -0.390. The molecular formula is C12H20BrN3O. The first kappa shape index (κ1) is 13.1. The molecule has 5 heteroatoms. The van der Waals surface area contributed by atoms with Gasteiger partial charge >= 0.3 is 0 Å². The minimum Gasteiger partial charge on any atom is -0.378 e. The summed E-state index contributed by atoms with van der Waals surface area (Å²) in [4.78, 5) is 0. The van der Waals surface area contributed by atoms with Crippen molar-refractivity contribution in [1.82, 2.24) is 15.1 Å². The van der Waals surface area contributed by atoms with Crippen molar-refractivity contribution in [1.29, 1.82) is 0 Å². The zero-order valence-electron chi connectivity index (χ0n) is 10.5. The predicted octanol–water partition coefficient (Wildman–Crippen LogP) is 2.15. The molecule has 4 nitrogen and oxygen atoms in total. The van der Waals surface area contributed by atoms with E-state index in [1.165, 1.54) is 18.5 Å². The van der Waals surface area contributed by atoms with Crippen molar-refractivity contribution < 1.29 is 4.74 Å². The van der Waals surface area contributed by atoms with Crippen LogP contribution in [0.25, 0.3) is 0 Å². The molecule has 0 aromatic carbocycles. The molecular weight excluding hydrogens is 282 g/mol. The topological polar surface area (TPSA) is 39.1 Å². The number of nitrogens with zero attached hydrogens (tertiary/aromatic N) is 2. The Balaban J connectivity index is 1.74. The number of aryl methyl sites for hydroxylation is 2. The molecule has 1 aliphatic heterocycles. The second-order valence-electron chi connectivity index (χ2n) is 4.57. The summed E-state index contributed by atoms with van der Waals surface area (Å²) < 4.78 is 8.63. The third-order valence-corrected chi connectivity index (χ3v) is 4.25. The van der Waals surface area contributed by atoms with E-state index >= 15 is 0 Å². The average Bonchev–Trinajstić information content (AvgIpc) is 2.87. The number of halogens is 1. The number of hydrogen-bond donors (Lipinski definition) is 1. The van der Waals surface area contributed by atoms with E-state index in [9.17, 15) is 0 Å². The normalized spacial score (nSPS) is 20.1. The van der Waals surface area contributed by atoms with Crippen molar-refractivity contribution in [3.8, 4) is 0 Å². The van der Waals surface area contributed by atoms with Gasteiger partial charge in [-0.25, -0.2) is 0 Å². The Labute approximate surface area is 111 Å². The Bertz CT molecular complexity index is 372. The fourth-order valence-corrected chi connectivity index (χ4v) is 2.69. The highest BCUT2D eigenvalue weighted by atomic mass is 79.9. The number of aromatic nitrogens is 2. The maximum atomic E-state index is 5.59. The van der Waals surface area contributed by atoms with Crippen LogP contribution in [0.15, 0.2) is 4.47 Å². The monoisotopic (exact) mass is 301 g/mol. The molecule has 2 heterocycles. The van der Waals surface area contributed by atoms with Gasteiger partial charge in [-0.05, 0) is 48.7 Å². The van der Waals surface area contributed by atoms with Gasteiger partial charge in [-0.3, -0.25) is 4.68 Å². The summed E-state index contributed by atoms with van der Waals surface area (Å²) in [6.45, 7) is 4.81. The van der Waals surface area contributed by atoms with E-state index in [2.05, 4.69) is 26.3 Å². The molecule has 0 aliphatic carbocycles. The molecule has 1 aliphatic rings. The van der Waals surface area contributed by atoms with Crippen LogP contribution in [0.4, 0.5) is 0 Å². The SMILES string of the molecule is Cc1nn(C)c(CNCCC2CCCO2)c1Br. The number of nitrogens with one attached hydrogen (secondary N) is 1. The van der Waals surface area contributed by atoms with Gasteiger partial charge in [-0.1, -0.05) is 0 Å². The smallest absolute Gasteiger partial charge is 0.0739 e. The first-order valence-electron chi connectivity index (χ1n) is 6.18. The van der Waals surface area contributed by atoms with E-state index in [-0.39, 0.29) is 0 Å². The van der Waals surface area contributed by atoms with Crippen LogP contribution in [0, 0.1) is 6.92 Å². The summed E-state index contributed by atoms with van der Waals surface area (Å²) >= 11 is 3.57. The molecule has 1 N–H and O–H groups in total. The Morgan fingerprint density at radius 3 is 3.00 bits per heavy atom. The minimum absolute atomic E-state index is 0.471. The summed E-state index contributed by atoms with van der Waals surface area (Å²) in [5, 5.41) is 7.82. The Morgan fingerprint density at radius 2 is 2.41 bits per heavy atom. The summed E-state index contributed by atoms with van der Waals surface area (Å²) in [5.41, 5.74) is 2.25. The van der Waals surface area contributed by atoms with Gasteiger partial charge in [0.15, 0.2) is 0 Å². The molecule has 1 fully saturated rings. The van der Waals surface area contributed by atoms with Gasteiger partial charge in [-0.2, -0.15) is 5.10 Å². The first-order valence-corrected chi connectivity index (χ1v) is 6.98. The minimum atomic E-state index is 0.471. The molecule has 96 valence electrons. The van der Waals surface area contributed by atoms with Crippen LogP contribution >= 0.6 is 15.9 Å². The number of rotatable bonds is 5. The Kier molecular flexibility index (Phi) is 4.59. The van der Waals surface area contributed by atoms with E-state index in [4.69, 9.17) is 4.74 Å². The highest BCUT2D eigenvalue weighted by Crippen LogP contribution is 2.20. The average molecular weight is 302 g/mol. The van der Waals surface area contributed by atoms with E-state index in [1.54, 1.807) is 0 Å². The van der Waals surface area contributed by atoms with Gasteiger partial charge < -0.3 is 10.1 Å². The van der Waals surface area contributed by atoms with Crippen LogP contribution in [0.1, 0.15) is 30.7 Å². The van der Waals surface area contributed by atoms with Gasteiger partial charge in [0.05, 0.1) is 22.0 Å². The van der Waals surface area contributed by atoms with Crippen LogP contribution < -0.4 is 5.32 Å². The molecule has 1 saturated heterocycles. The molecule has 1 atom stereocenters. The van der Waals surface area contributed by atoms with E-state index in [1.807, 2.05) is 18.7 Å². The van der Waals surface area contributed by atoms with Gasteiger partial charge in [0.1, 0.15) is 0 Å². The standard InChI is InChI=1S/C12H20BrN3O/c1-9-12(13)11(16(2)15-9)8-14-6-5-10-4-3-7-17-10/h10,14H,3-8H2,1-2H3. The first-order chi connectivity index (χ1) is 8.18. The van der Waals surface area contributed by atoms with Crippen molar-refractivity contribution in [2.24, 2.45) is 7.05 Å². The van der Waals surface area contributed by atoms with Gasteiger partial charge in [0.25, 0.3) is 0 Å². The maximum absolute atomic E-state index is 5.59. The molecule has 1 aromatic rings. The van der Waals surface area contributed by atoms with Crippen LogP contribution in [0.2, 0.25) is 0 Å². The largest absolute Gasteiger partial charge is 0.378 e. The lowest BCUT2D eigenvalue weighted by Crippen LogP contribution is -2.21. The van der Waals surface area contributed by atoms with E-state index < -0.39 is 0 Å². The van der Waals surface area contributed by atoms with Crippen LogP contribution in [-0.4, -0.2) is 29.0 Å². The van der Waals surface area contributed by atoms with Gasteiger partial charge in [0, 0.05) is 20.2 Å². The molecule has 0 saturated carbocycles. The van der Waals surface area contributed by atoms with Crippen LogP contribution in [-0.2, 0) is 18.3 Å². The fraction of sp³-hybridized carbons (Fsp3) is 0.750. The van der Waals surface area contributed by atoms with E-state index in [0.29, 0.717) is 6.10 Å². The Morgan fingerprint density at radius 1 is 1.59 bits per heavy atom. The van der Waals surface area contributed by atoms with Crippen molar-refractivity contribution in [3.63, 3.8) is 0 Å². The summed E-state index contributed by atoms with van der Waals surface area (Å²) in [6.07, 6.45) is 4.01. The summed E-state index contributed by atoms with van der Waals surface area (Å²) in [7, 11) is 1.98. The molecule has 2 rings (SSSR count). The summed E-state index contributed by atoms with van der Waals surface area (Å²) in [5.74, 6) is 0. The lowest BCUT2D eigenvalue weighted by molar-refractivity contribution is 0.104. The zero-order chi connectivity index (χ0) is 12.3. The highest BCUT2D eigenvalue weighted by molar-refractivity contribution is 9.10. The molecule has 0 bridgehead atoms. The van der Waals surface area contributed by atoms with E-state index in [0.717, 1.165) is 36.3 Å². The lowest BCUT2D eigenvalue weighted by Gasteiger charge is -2.10. The van der Waals surface area contributed by atoms with Crippen molar-refractivity contribution in [2.45, 2.75) is 38.8 Å². The second-order valence-corrected chi connectivity index (χ2v) is 5.36. The molecule has 0 spiro atoms. The van der Waals surface area contributed by atoms with Crippen molar-refractivity contribution in [3.05, 3.63) is 15.9 Å². The quantitative estimate of drug-likeness (QED) is 0.847. The highest BCUT2D eigenvalue weighted by Gasteiger charge is 2.15. The maximum Gasteiger partial charge on any atom is 0.0739 e. The van der Waals surface area contributed by atoms with Gasteiger partial charge in [-0.15, -0.1) is 0 Å². The molecule has 0 radical (unpaired) electrons. The van der Waals surface area contributed by atoms with Gasteiger partial charge in [0.2, 0.25) is 0 Å². The molecule has 1 unspecified atom stereocenters. The van der Waals surface area contributed by atoms with Crippen molar-refractivity contribution in [2.75, 3.05) is 13.2 Å². The fourth-order valence-electron chi connectivity index (χ4n) is 2.21. The molecule has 17 heavy (non-hydrogen) atoms. The lowest BCUT2D eigenvalue weighted by atomic mass is 10.2. The van der Waals surface area contributed by atoms with Crippen molar-refractivity contribution >= 4 is 15.9 Å². The number of ether oxygens (including phenoxy) is 1. The van der Waals surface area contributed by atoms with Crippen LogP contribution in [0.5, 0.6) is 0 Å². The van der Waals surface area contributed by atoms with Crippen LogP contribution in [0.3, 0.4) is 0 Å². The number of hydrogen-bond acceptors (Lipinski definition) is 3. The third kappa shape index (κ3) is 3.30. The second kappa shape index (κ2) is 5.98. The zero-order valence-corrected chi connectivity index (χ0v) is 12.1. The molecule has 1 aromatic heterocycles. The predicted molar refractivity (Wildman–Crippen MR) is 70.9 cm³/mol. The third-order valence-electron chi connectivity index (χ3n) is 3.22.